The maximum absolute atomic E-state index is 12.8. The predicted molar refractivity (Wildman–Crippen MR) is 94.8 cm³/mol. The molecule has 1 N–H and O–H groups in total. The van der Waals surface area contributed by atoms with Crippen molar-refractivity contribution in [1.82, 2.24) is 4.90 Å². The topological polar surface area (TPSA) is 59.0 Å². The van der Waals surface area contributed by atoms with E-state index in [1.54, 1.807) is 11.0 Å². The Morgan fingerprint density at radius 3 is 2.76 bits per heavy atom. The number of hydrogen-bond acceptors (Lipinski definition) is 4. The monoisotopic (exact) mass is 341 g/mol. The van der Waals surface area contributed by atoms with Crippen molar-refractivity contribution < 1.29 is 19.4 Å². The molecular formula is C20H23NO4. The molecule has 25 heavy (non-hydrogen) atoms. The Hall–Kier alpha value is -2.37. The van der Waals surface area contributed by atoms with Gasteiger partial charge in [-0.3, -0.25) is 4.79 Å². The Kier molecular flexibility index (Phi) is 6.04. The zero-order valence-corrected chi connectivity index (χ0v) is 14.1. The molecule has 1 aliphatic rings. The zero-order chi connectivity index (χ0) is 17.5. The van der Waals surface area contributed by atoms with Crippen molar-refractivity contribution >= 4 is 5.91 Å². The van der Waals surface area contributed by atoms with Crippen molar-refractivity contribution in [3.63, 3.8) is 0 Å². The van der Waals surface area contributed by atoms with Crippen LogP contribution in [0.5, 0.6) is 5.75 Å². The molecule has 0 saturated carbocycles. The maximum atomic E-state index is 12.8. The van der Waals surface area contributed by atoms with Crippen molar-refractivity contribution in [2.75, 3.05) is 32.9 Å². The highest BCUT2D eigenvalue weighted by molar-refractivity contribution is 5.97. The van der Waals surface area contributed by atoms with Gasteiger partial charge in [-0.15, -0.1) is 0 Å². The highest BCUT2D eigenvalue weighted by Crippen LogP contribution is 2.21. The number of aliphatic hydroxyl groups excluding tert-OH is 1. The minimum absolute atomic E-state index is 0.139. The van der Waals surface area contributed by atoms with E-state index in [1.807, 2.05) is 36.4 Å². The minimum Gasteiger partial charge on any atom is -0.492 e. The van der Waals surface area contributed by atoms with Gasteiger partial charge in [-0.1, -0.05) is 42.5 Å². The average molecular weight is 341 g/mol. The van der Waals surface area contributed by atoms with Crippen molar-refractivity contribution in [2.24, 2.45) is 0 Å². The molecule has 2 aromatic carbocycles. The van der Waals surface area contributed by atoms with E-state index >= 15 is 0 Å². The van der Waals surface area contributed by atoms with Crippen LogP contribution in [-0.2, 0) is 11.2 Å². The summed E-state index contributed by atoms with van der Waals surface area (Å²) in [5, 5.41) is 9.84. The number of para-hydroxylation sites is 1. The summed E-state index contributed by atoms with van der Waals surface area (Å²) in [5.41, 5.74) is 1.71. The Morgan fingerprint density at radius 2 is 1.92 bits per heavy atom. The highest BCUT2D eigenvalue weighted by atomic mass is 16.5. The van der Waals surface area contributed by atoms with Crippen LogP contribution in [0.15, 0.2) is 54.6 Å². The van der Waals surface area contributed by atoms with E-state index in [2.05, 4.69) is 12.1 Å². The van der Waals surface area contributed by atoms with Crippen LogP contribution in [0.1, 0.15) is 15.9 Å². The molecule has 1 atom stereocenters. The second-order valence-corrected chi connectivity index (χ2v) is 6.06. The van der Waals surface area contributed by atoms with Crippen LogP contribution in [0, 0.1) is 0 Å². The van der Waals surface area contributed by atoms with Gasteiger partial charge in [0.15, 0.2) is 0 Å². The summed E-state index contributed by atoms with van der Waals surface area (Å²) < 4.78 is 11.2. The van der Waals surface area contributed by atoms with Crippen molar-refractivity contribution in [3.8, 4) is 5.75 Å². The maximum Gasteiger partial charge on any atom is 0.257 e. The molecule has 2 aromatic rings. The fourth-order valence-electron chi connectivity index (χ4n) is 2.84. The molecule has 0 aliphatic carbocycles. The lowest BCUT2D eigenvalue weighted by molar-refractivity contribution is 0.0533. The summed E-state index contributed by atoms with van der Waals surface area (Å²) in [6, 6.07) is 17.3. The largest absolute Gasteiger partial charge is 0.492 e. The number of nitrogens with zero attached hydrogens (tertiary/aromatic N) is 1. The first kappa shape index (κ1) is 17.5. The van der Waals surface area contributed by atoms with E-state index < -0.39 is 6.10 Å². The lowest BCUT2D eigenvalue weighted by atomic mass is 10.1. The third-order valence-corrected chi connectivity index (χ3v) is 4.14. The third-order valence-electron chi connectivity index (χ3n) is 4.14. The number of ether oxygens (including phenoxy) is 2. The van der Waals surface area contributed by atoms with Crippen LogP contribution >= 0.6 is 0 Å². The van der Waals surface area contributed by atoms with E-state index in [4.69, 9.17) is 9.47 Å². The van der Waals surface area contributed by atoms with E-state index in [0.717, 1.165) is 6.42 Å². The molecule has 1 amide bonds. The number of β-amino-alcohol motifs (C(OH)–C–C–N with tert-alkyl or cyclic N) is 1. The molecule has 1 heterocycles. The molecule has 1 saturated heterocycles. The number of carbonyl (C=O) groups excluding carboxylic acids is 1. The van der Waals surface area contributed by atoms with Gasteiger partial charge in [-0.25, -0.2) is 0 Å². The van der Waals surface area contributed by atoms with Crippen LogP contribution in [0.4, 0.5) is 0 Å². The molecule has 3 rings (SSSR count). The lowest BCUT2D eigenvalue weighted by Gasteiger charge is -2.22. The normalized spacial score (nSPS) is 17.8. The van der Waals surface area contributed by atoms with Gasteiger partial charge in [-0.05, 0) is 17.7 Å². The van der Waals surface area contributed by atoms with Crippen LogP contribution in [0.25, 0.3) is 0 Å². The van der Waals surface area contributed by atoms with Crippen LogP contribution in [0.2, 0.25) is 0 Å². The van der Waals surface area contributed by atoms with E-state index in [0.29, 0.717) is 31.1 Å². The van der Waals surface area contributed by atoms with Gasteiger partial charge in [0.05, 0.1) is 31.5 Å². The van der Waals surface area contributed by atoms with Gasteiger partial charge >= 0.3 is 0 Å². The highest BCUT2D eigenvalue weighted by Gasteiger charge is 2.24. The molecule has 1 fully saturated rings. The summed E-state index contributed by atoms with van der Waals surface area (Å²) in [7, 11) is 0. The summed E-state index contributed by atoms with van der Waals surface area (Å²) in [6.07, 6.45) is 0.122. The molecule has 0 bridgehead atoms. The second-order valence-electron chi connectivity index (χ2n) is 6.06. The number of carbonyl (C=O) groups is 1. The fraction of sp³-hybridized carbons (Fsp3) is 0.350. The number of aliphatic hydroxyl groups is 1. The molecule has 1 aliphatic heterocycles. The smallest absolute Gasteiger partial charge is 0.257 e. The first-order valence-electron chi connectivity index (χ1n) is 8.55. The van der Waals surface area contributed by atoms with E-state index in [9.17, 15) is 9.90 Å². The molecule has 5 nitrogen and oxygen atoms in total. The number of amides is 1. The average Bonchev–Trinajstić information content (AvgIpc) is 2.87. The molecule has 5 heteroatoms. The summed E-state index contributed by atoms with van der Waals surface area (Å²) in [4.78, 5) is 14.5. The van der Waals surface area contributed by atoms with Gasteiger partial charge in [0.1, 0.15) is 5.75 Å². The number of benzene rings is 2. The Morgan fingerprint density at radius 1 is 1.16 bits per heavy atom. The van der Waals surface area contributed by atoms with Crippen LogP contribution in [0.3, 0.4) is 0 Å². The summed E-state index contributed by atoms with van der Waals surface area (Å²) >= 11 is 0. The Balaban J connectivity index is 1.66. The van der Waals surface area contributed by atoms with E-state index in [1.165, 1.54) is 5.56 Å². The number of hydrogen-bond donors (Lipinski definition) is 1. The molecule has 0 spiro atoms. The third kappa shape index (κ3) is 4.81. The second kappa shape index (κ2) is 8.65. The van der Waals surface area contributed by atoms with Crippen molar-refractivity contribution in [1.29, 1.82) is 0 Å². The summed E-state index contributed by atoms with van der Waals surface area (Å²) in [6.45, 7) is 1.93. The Labute approximate surface area is 147 Å². The predicted octanol–water partition coefficient (Wildman–Crippen LogP) is 2.14. The van der Waals surface area contributed by atoms with Crippen molar-refractivity contribution in [3.05, 3.63) is 65.7 Å². The summed E-state index contributed by atoms with van der Waals surface area (Å²) in [5.74, 6) is 0.433. The first-order valence-corrected chi connectivity index (χ1v) is 8.55. The van der Waals surface area contributed by atoms with Gasteiger partial charge in [-0.2, -0.15) is 0 Å². The molecule has 1 unspecified atom stereocenters. The van der Waals surface area contributed by atoms with Gasteiger partial charge in [0, 0.05) is 19.5 Å². The Bertz CT molecular complexity index is 689. The van der Waals surface area contributed by atoms with E-state index in [-0.39, 0.29) is 19.1 Å². The molecule has 0 radical (unpaired) electrons. The molecule has 132 valence electrons. The van der Waals surface area contributed by atoms with Crippen molar-refractivity contribution in [2.45, 2.75) is 12.5 Å². The lowest BCUT2D eigenvalue weighted by Crippen LogP contribution is -2.37. The molecule has 0 aromatic heterocycles. The molecular weight excluding hydrogens is 318 g/mol. The standard InChI is InChI=1S/C20H23NO4/c22-17-14-21(11-13-24-15-17)20(23)18-8-4-5-9-19(18)25-12-10-16-6-2-1-3-7-16/h1-9,17,22H,10-15H2. The van der Waals surface area contributed by atoms with Gasteiger partial charge in [0.25, 0.3) is 5.91 Å². The van der Waals surface area contributed by atoms with Crippen LogP contribution in [-0.4, -0.2) is 54.9 Å². The zero-order valence-electron chi connectivity index (χ0n) is 14.1. The fourth-order valence-corrected chi connectivity index (χ4v) is 2.84. The van der Waals surface area contributed by atoms with Crippen LogP contribution < -0.4 is 4.74 Å². The minimum atomic E-state index is -0.655. The SMILES string of the molecule is O=C(c1ccccc1OCCc1ccccc1)N1CCOCC(O)C1. The van der Waals surface area contributed by atoms with Gasteiger partial charge < -0.3 is 19.5 Å². The van der Waals surface area contributed by atoms with Gasteiger partial charge in [0.2, 0.25) is 0 Å². The first-order chi connectivity index (χ1) is 12.2. The number of rotatable bonds is 5. The quantitative estimate of drug-likeness (QED) is 0.905.